The molecule has 3 rings (SSSR count). The summed E-state index contributed by atoms with van der Waals surface area (Å²) < 4.78 is 5.62. The molecule has 138 valence electrons. The predicted molar refractivity (Wildman–Crippen MR) is 105 cm³/mol. The van der Waals surface area contributed by atoms with Crippen LogP contribution in [-0.2, 0) is 9.59 Å². The van der Waals surface area contributed by atoms with Gasteiger partial charge in [-0.25, -0.2) is 0 Å². The van der Waals surface area contributed by atoms with Crippen molar-refractivity contribution in [1.29, 1.82) is 0 Å². The van der Waals surface area contributed by atoms with Crippen LogP contribution in [0, 0.1) is 0 Å². The lowest BCUT2D eigenvalue weighted by atomic mass is 10.2. The summed E-state index contributed by atoms with van der Waals surface area (Å²) in [6.45, 7) is 1.44. The molecular weight excluding hydrogens is 364 g/mol. The molecular formula is C19H18N4O3S. The molecule has 0 radical (unpaired) electrons. The predicted octanol–water partition coefficient (Wildman–Crippen LogP) is 3.45. The van der Waals surface area contributed by atoms with Crippen molar-refractivity contribution in [3.05, 3.63) is 54.6 Å². The second-order valence-electron chi connectivity index (χ2n) is 5.71. The van der Waals surface area contributed by atoms with Crippen molar-refractivity contribution < 1.29 is 14.0 Å². The highest BCUT2D eigenvalue weighted by molar-refractivity contribution is 7.99. The highest BCUT2D eigenvalue weighted by atomic mass is 32.2. The molecule has 2 amide bonds. The van der Waals surface area contributed by atoms with Crippen molar-refractivity contribution in [3.63, 3.8) is 0 Å². The number of para-hydroxylation sites is 1. The molecule has 0 aliphatic rings. The molecule has 7 nitrogen and oxygen atoms in total. The fourth-order valence-corrected chi connectivity index (χ4v) is 3.01. The Morgan fingerprint density at radius 1 is 1.11 bits per heavy atom. The Balaban J connectivity index is 1.63. The summed E-state index contributed by atoms with van der Waals surface area (Å²) in [5.41, 5.74) is 2.16. The third-order valence-corrected chi connectivity index (χ3v) is 4.48. The third kappa shape index (κ3) is 4.95. The van der Waals surface area contributed by atoms with Gasteiger partial charge in [0.25, 0.3) is 5.22 Å². The lowest BCUT2D eigenvalue weighted by Crippen LogP contribution is -2.27. The van der Waals surface area contributed by atoms with Gasteiger partial charge in [-0.3, -0.25) is 9.59 Å². The van der Waals surface area contributed by atoms with Gasteiger partial charge in [0, 0.05) is 30.9 Å². The van der Waals surface area contributed by atoms with Crippen LogP contribution in [-0.4, -0.2) is 34.8 Å². The largest absolute Gasteiger partial charge is 0.411 e. The van der Waals surface area contributed by atoms with E-state index in [1.165, 1.54) is 18.7 Å². The molecule has 0 atom stereocenters. The Morgan fingerprint density at radius 3 is 2.63 bits per heavy atom. The summed E-state index contributed by atoms with van der Waals surface area (Å²) in [4.78, 5) is 25.1. The molecule has 1 heterocycles. The van der Waals surface area contributed by atoms with E-state index in [2.05, 4.69) is 15.5 Å². The monoisotopic (exact) mass is 382 g/mol. The number of hydrogen-bond donors (Lipinski definition) is 1. The summed E-state index contributed by atoms with van der Waals surface area (Å²) in [6.07, 6.45) is 0. The van der Waals surface area contributed by atoms with Gasteiger partial charge in [0.05, 0.1) is 5.75 Å². The van der Waals surface area contributed by atoms with Crippen molar-refractivity contribution in [1.82, 2.24) is 10.2 Å². The van der Waals surface area contributed by atoms with Crippen LogP contribution in [0.25, 0.3) is 11.5 Å². The summed E-state index contributed by atoms with van der Waals surface area (Å²) >= 11 is 1.18. The van der Waals surface area contributed by atoms with Gasteiger partial charge >= 0.3 is 0 Å². The Labute approximate surface area is 160 Å². The van der Waals surface area contributed by atoms with Gasteiger partial charge in [-0.2, -0.15) is 0 Å². The fourth-order valence-electron chi connectivity index (χ4n) is 2.33. The number of carbonyl (C=O) groups is 2. The molecule has 1 N–H and O–H groups in total. The molecule has 1 aromatic heterocycles. The second kappa shape index (κ2) is 8.50. The van der Waals surface area contributed by atoms with E-state index < -0.39 is 0 Å². The van der Waals surface area contributed by atoms with Crippen LogP contribution in [0.2, 0.25) is 0 Å². The lowest BCUT2D eigenvalue weighted by Gasteiger charge is -2.16. The van der Waals surface area contributed by atoms with E-state index >= 15 is 0 Å². The Hall–Kier alpha value is -3.13. The Kier molecular flexibility index (Phi) is 5.87. The van der Waals surface area contributed by atoms with Gasteiger partial charge in [-0.1, -0.05) is 36.0 Å². The normalized spacial score (nSPS) is 10.4. The Bertz CT molecular complexity index is 943. The maximum Gasteiger partial charge on any atom is 0.277 e. The van der Waals surface area contributed by atoms with E-state index in [-0.39, 0.29) is 17.6 Å². The molecule has 0 spiro atoms. The van der Waals surface area contributed by atoms with Gasteiger partial charge in [0.15, 0.2) is 0 Å². The molecule has 0 saturated heterocycles. The summed E-state index contributed by atoms with van der Waals surface area (Å²) in [7, 11) is 1.73. The average Bonchev–Trinajstić information content (AvgIpc) is 3.15. The summed E-state index contributed by atoms with van der Waals surface area (Å²) in [6, 6.07) is 16.5. The van der Waals surface area contributed by atoms with Crippen molar-refractivity contribution in [2.45, 2.75) is 12.1 Å². The van der Waals surface area contributed by atoms with Gasteiger partial charge in [-0.15, -0.1) is 10.2 Å². The number of benzene rings is 2. The average molecular weight is 382 g/mol. The topological polar surface area (TPSA) is 88.3 Å². The van der Waals surface area contributed by atoms with Crippen LogP contribution in [0.3, 0.4) is 0 Å². The third-order valence-electron chi connectivity index (χ3n) is 3.67. The van der Waals surface area contributed by atoms with Crippen LogP contribution in [0.5, 0.6) is 0 Å². The number of rotatable bonds is 6. The molecule has 0 bridgehead atoms. The van der Waals surface area contributed by atoms with E-state index in [4.69, 9.17) is 4.42 Å². The number of nitrogens with zero attached hydrogens (tertiary/aromatic N) is 3. The summed E-state index contributed by atoms with van der Waals surface area (Å²) in [5.74, 6) is 0.279. The first kappa shape index (κ1) is 18.7. The van der Waals surface area contributed by atoms with Crippen LogP contribution in [0.15, 0.2) is 64.2 Å². The molecule has 2 aromatic carbocycles. The second-order valence-corrected chi connectivity index (χ2v) is 6.64. The quantitative estimate of drug-likeness (QED) is 0.657. The molecule has 3 aromatic rings. The SMILES string of the molecule is CC(=O)Nc1cccc(-c2nnc(SCC(=O)N(C)c3ccccc3)o2)c1. The van der Waals surface area contributed by atoms with Gasteiger partial charge < -0.3 is 14.6 Å². The number of anilines is 2. The minimum absolute atomic E-state index is 0.0707. The molecule has 8 heteroatoms. The van der Waals surface area contributed by atoms with Gasteiger partial charge in [0.2, 0.25) is 17.7 Å². The standard InChI is InChI=1S/C19H18N4O3S/c1-13(24)20-15-8-6-7-14(11-15)18-21-22-19(26-18)27-12-17(25)23(2)16-9-4-3-5-10-16/h3-11H,12H2,1-2H3,(H,20,24). The first-order valence-corrected chi connectivity index (χ1v) is 9.17. The summed E-state index contributed by atoms with van der Waals surface area (Å²) in [5, 5.41) is 11.0. The molecule has 0 aliphatic heterocycles. The smallest absolute Gasteiger partial charge is 0.277 e. The zero-order valence-corrected chi connectivity index (χ0v) is 15.7. The maximum absolute atomic E-state index is 12.3. The highest BCUT2D eigenvalue weighted by Crippen LogP contribution is 2.25. The van der Waals surface area contributed by atoms with Crippen LogP contribution >= 0.6 is 11.8 Å². The molecule has 0 unspecified atom stereocenters. The molecule has 0 aliphatic carbocycles. The molecule has 27 heavy (non-hydrogen) atoms. The van der Waals surface area contributed by atoms with E-state index in [0.29, 0.717) is 22.4 Å². The van der Waals surface area contributed by atoms with Crippen LogP contribution in [0.4, 0.5) is 11.4 Å². The van der Waals surface area contributed by atoms with E-state index in [9.17, 15) is 9.59 Å². The van der Waals surface area contributed by atoms with Gasteiger partial charge in [-0.05, 0) is 30.3 Å². The first-order chi connectivity index (χ1) is 13.0. The van der Waals surface area contributed by atoms with Crippen molar-refractivity contribution in [2.75, 3.05) is 23.0 Å². The zero-order valence-electron chi connectivity index (χ0n) is 14.9. The number of amides is 2. The Morgan fingerprint density at radius 2 is 1.89 bits per heavy atom. The molecule has 0 fully saturated rings. The maximum atomic E-state index is 12.3. The van der Waals surface area contributed by atoms with E-state index in [1.54, 1.807) is 30.1 Å². The number of aromatic nitrogens is 2. The first-order valence-electron chi connectivity index (χ1n) is 8.19. The van der Waals surface area contributed by atoms with E-state index in [1.807, 2.05) is 36.4 Å². The minimum Gasteiger partial charge on any atom is -0.411 e. The van der Waals surface area contributed by atoms with Crippen LogP contribution < -0.4 is 10.2 Å². The number of thioether (sulfide) groups is 1. The minimum atomic E-state index is -0.157. The van der Waals surface area contributed by atoms with Crippen molar-refractivity contribution in [3.8, 4) is 11.5 Å². The number of nitrogens with one attached hydrogen (secondary N) is 1. The van der Waals surface area contributed by atoms with Gasteiger partial charge in [0.1, 0.15) is 0 Å². The highest BCUT2D eigenvalue weighted by Gasteiger charge is 2.15. The lowest BCUT2D eigenvalue weighted by molar-refractivity contribution is -0.116. The number of hydrogen-bond acceptors (Lipinski definition) is 6. The van der Waals surface area contributed by atoms with Crippen molar-refractivity contribution in [2.24, 2.45) is 0 Å². The van der Waals surface area contributed by atoms with Crippen molar-refractivity contribution >= 4 is 35.0 Å². The van der Waals surface area contributed by atoms with Crippen LogP contribution in [0.1, 0.15) is 6.92 Å². The fraction of sp³-hybridized carbons (Fsp3) is 0.158. The number of carbonyl (C=O) groups excluding carboxylic acids is 2. The molecule has 0 saturated carbocycles. The zero-order chi connectivity index (χ0) is 19.2. The van der Waals surface area contributed by atoms with E-state index in [0.717, 1.165) is 5.69 Å².